The Morgan fingerprint density at radius 2 is 1.94 bits per heavy atom. The van der Waals surface area contributed by atoms with Crippen molar-refractivity contribution in [3.8, 4) is 0 Å². The van der Waals surface area contributed by atoms with Crippen molar-refractivity contribution >= 4 is 17.5 Å². The Bertz CT molecular complexity index is 440. The number of carbonyl (C=O) groups is 2. The van der Waals surface area contributed by atoms with Gasteiger partial charge in [0.25, 0.3) is 0 Å². The van der Waals surface area contributed by atoms with Gasteiger partial charge in [-0.05, 0) is 24.6 Å². The summed E-state index contributed by atoms with van der Waals surface area (Å²) in [5.74, 6) is -1.06. The van der Waals surface area contributed by atoms with Gasteiger partial charge in [0, 0.05) is 24.8 Å². The van der Waals surface area contributed by atoms with Crippen LogP contribution < -0.4 is 16.0 Å². The smallest absolute Gasteiger partial charge is 0.316 e. The number of nitrogens with zero attached hydrogens (tertiary/aromatic N) is 1. The molecular weight excluding hydrogens is 218 g/mol. The molecule has 3 N–H and O–H groups in total. The lowest BCUT2D eigenvalue weighted by molar-refractivity contribution is -0.138. The van der Waals surface area contributed by atoms with Crippen molar-refractivity contribution in [1.82, 2.24) is 5.32 Å². The summed E-state index contributed by atoms with van der Waals surface area (Å²) in [5, 5.41) is 2.51. The third kappa shape index (κ3) is 2.29. The summed E-state index contributed by atoms with van der Waals surface area (Å²) < 4.78 is 0. The highest BCUT2D eigenvalue weighted by Crippen LogP contribution is 2.19. The fourth-order valence-electron chi connectivity index (χ4n) is 1.79. The van der Waals surface area contributed by atoms with Crippen LogP contribution in [-0.2, 0) is 9.59 Å². The Morgan fingerprint density at radius 3 is 2.53 bits per heavy atom. The van der Waals surface area contributed by atoms with Crippen molar-refractivity contribution in [2.75, 3.05) is 18.0 Å². The van der Waals surface area contributed by atoms with E-state index in [4.69, 9.17) is 5.73 Å². The maximum Gasteiger partial charge on any atom is 0.316 e. The van der Waals surface area contributed by atoms with E-state index < -0.39 is 11.8 Å². The second kappa shape index (κ2) is 4.55. The summed E-state index contributed by atoms with van der Waals surface area (Å²) in [4.78, 5) is 24.3. The van der Waals surface area contributed by atoms with Gasteiger partial charge >= 0.3 is 11.8 Å². The van der Waals surface area contributed by atoms with E-state index in [1.807, 2.05) is 31.2 Å². The molecule has 0 spiro atoms. The van der Waals surface area contributed by atoms with Crippen LogP contribution in [0.1, 0.15) is 18.5 Å². The normalized spacial score (nSPS) is 17.9. The number of carbonyl (C=O) groups excluding carboxylic acids is 2. The number of nitrogens with two attached hydrogens (primary N) is 1. The summed E-state index contributed by atoms with van der Waals surface area (Å²) in [6.45, 7) is 2.89. The zero-order valence-electron chi connectivity index (χ0n) is 9.64. The third-order valence-electron chi connectivity index (χ3n) is 2.79. The molecule has 0 radical (unpaired) electrons. The molecule has 1 atom stereocenters. The molecule has 1 saturated heterocycles. The number of hydrogen-bond donors (Lipinski definition) is 2. The SMILES string of the molecule is CC(N)c1ccc(N2CCNC(=O)C2=O)cc1. The third-order valence-corrected chi connectivity index (χ3v) is 2.79. The minimum Gasteiger partial charge on any atom is -0.346 e. The van der Waals surface area contributed by atoms with Gasteiger partial charge in [-0.15, -0.1) is 0 Å². The first-order chi connectivity index (χ1) is 8.09. The molecule has 2 amide bonds. The van der Waals surface area contributed by atoms with Crippen LogP contribution in [0.25, 0.3) is 0 Å². The van der Waals surface area contributed by atoms with Gasteiger partial charge in [0.1, 0.15) is 0 Å². The summed E-state index contributed by atoms with van der Waals surface area (Å²) in [6.07, 6.45) is 0. The standard InChI is InChI=1S/C12H15N3O2/c1-8(13)9-2-4-10(5-3-9)15-7-6-14-11(16)12(15)17/h2-5,8H,6-7,13H2,1H3,(H,14,16). The summed E-state index contributed by atoms with van der Waals surface area (Å²) in [6, 6.07) is 7.34. The van der Waals surface area contributed by atoms with E-state index in [9.17, 15) is 9.59 Å². The zero-order valence-corrected chi connectivity index (χ0v) is 9.64. The minimum atomic E-state index is -0.549. The van der Waals surface area contributed by atoms with Crippen molar-refractivity contribution < 1.29 is 9.59 Å². The fourth-order valence-corrected chi connectivity index (χ4v) is 1.79. The Morgan fingerprint density at radius 1 is 1.29 bits per heavy atom. The van der Waals surface area contributed by atoms with Crippen molar-refractivity contribution in [2.24, 2.45) is 5.73 Å². The lowest BCUT2D eigenvalue weighted by Gasteiger charge is -2.26. The second-order valence-electron chi connectivity index (χ2n) is 4.09. The molecule has 0 aliphatic carbocycles. The Kier molecular flexibility index (Phi) is 3.10. The molecule has 1 aromatic carbocycles. The predicted octanol–water partition coefficient (Wildman–Crippen LogP) is 0.169. The van der Waals surface area contributed by atoms with Crippen LogP contribution >= 0.6 is 0 Å². The number of amides is 2. The summed E-state index contributed by atoms with van der Waals surface area (Å²) in [7, 11) is 0. The van der Waals surface area contributed by atoms with Crippen LogP contribution in [0.4, 0.5) is 5.69 Å². The van der Waals surface area contributed by atoms with Crippen LogP contribution in [0, 0.1) is 0 Å². The molecule has 2 rings (SSSR count). The largest absolute Gasteiger partial charge is 0.346 e. The molecule has 17 heavy (non-hydrogen) atoms. The van der Waals surface area contributed by atoms with Crippen LogP contribution in [0.5, 0.6) is 0 Å². The lowest BCUT2D eigenvalue weighted by atomic mass is 10.1. The van der Waals surface area contributed by atoms with Crippen LogP contribution in [0.3, 0.4) is 0 Å². The first-order valence-electron chi connectivity index (χ1n) is 5.55. The number of benzene rings is 1. The highest BCUT2D eigenvalue weighted by Gasteiger charge is 2.26. The van der Waals surface area contributed by atoms with E-state index in [1.165, 1.54) is 4.90 Å². The maximum atomic E-state index is 11.6. The monoisotopic (exact) mass is 233 g/mol. The Balaban J connectivity index is 2.22. The number of nitrogens with one attached hydrogen (secondary N) is 1. The molecule has 0 bridgehead atoms. The topological polar surface area (TPSA) is 75.4 Å². The van der Waals surface area contributed by atoms with E-state index >= 15 is 0 Å². The van der Waals surface area contributed by atoms with Crippen molar-refractivity contribution in [2.45, 2.75) is 13.0 Å². The number of piperazine rings is 1. The number of anilines is 1. The van der Waals surface area contributed by atoms with Crippen LogP contribution in [0.2, 0.25) is 0 Å². The van der Waals surface area contributed by atoms with Gasteiger partial charge in [-0.3, -0.25) is 9.59 Å². The van der Waals surface area contributed by atoms with Crippen molar-refractivity contribution in [3.05, 3.63) is 29.8 Å². The highest BCUT2D eigenvalue weighted by atomic mass is 16.2. The molecular formula is C12H15N3O2. The lowest BCUT2D eigenvalue weighted by Crippen LogP contribution is -2.52. The van der Waals surface area contributed by atoms with Gasteiger partial charge < -0.3 is 16.0 Å². The van der Waals surface area contributed by atoms with Gasteiger partial charge in [0.15, 0.2) is 0 Å². The number of rotatable bonds is 2. The van der Waals surface area contributed by atoms with E-state index in [0.29, 0.717) is 13.1 Å². The molecule has 1 aliphatic heterocycles. The minimum absolute atomic E-state index is 0.0376. The van der Waals surface area contributed by atoms with E-state index in [-0.39, 0.29) is 6.04 Å². The first-order valence-corrected chi connectivity index (χ1v) is 5.55. The molecule has 1 unspecified atom stereocenters. The molecule has 1 aliphatic rings. The van der Waals surface area contributed by atoms with Crippen LogP contribution in [-0.4, -0.2) is 24.9 Å². The zero-order chi connectivity index (χ0) is 12.4. The fraction of sp³-hybridized carbons (Fsp3) is 0.333. The van der Waals surface area contributed by atoms with Gasteiger partial charge in [-0.25, -0.2) is 0 Å². The van der Waals surface area contributed by atoms with Gasteiger partial charge in [-0.2, -0.15) is 0 Å². The van der Waals surface area contributed by atoms with E-state index in [1.54, 1.807) is 0 Å². The highest BCUT2D eigenvalue weighted by molar-refractivity contribution is 6.41. The Hall–Kier alpha value is -1.88. The van der Waals surface area contributed by atoms with Gasteiger partial charge in [-0.1, -0.05) is 12.1 Å². The Labute approximate surface area is 99.6 Å². The molecule has 90 valence electrons. The molecule has 1 fully saturated rings. The average Bonchev–Trinajstić information content (AvgIpc) is 2.33. The number of hydrogen-bond acceptors (Lipinski definition) is 3. The van der Waals surface area contributed by atoms with Crippen LogP contribution in [0.15, 0.2) is 24.3 Å². The predicted molar refractivity (Wildman–Crippen MR) is 64.4 cm³/mol. The van der Waals surface area contributed by atoms with E-state index in [0.717, 1.165) is 11.3 Å². The molecule has 0 aromatic heterocycles. The average molecular weight is 233 g/mol. The first kappa shape index (κ1) is 11.6. The molecule has 1 heterocycles. The molecule has 5 heteroatoms. The summed E-state index contributed by atoms with van der Waals surface area (Å²) >= 11 is 0. The molecule has 1 aromatic rings. The quantitative estimate of drug-likeness (QED) is 0.715. The second-order valence-corrected chi connectivity index (χ2v) is 4.09. The summed E-state index contributed by atoms with van der Waals surface area (Å²) in [5.41, 5.74) is 7.48. The van der Waals surface area contributed by atoms with Gasteiger partial charge in [0.2, 0.25) is 0 Å². The molecule has 5 nitrogen and oxygen atoms in total. The van der Waals surface area contributed by atoms with Gasteiger partial charge in [0.05, 0.1) is 0 Å². The van der Waals surface area contributed by atoms with E-state index in [2.05, 4.69) is 5.32 Å². The maximum absolute atomic E-state index is 11.6. The molecule has 0 saturated carbocycles. The van der Waals surface area contributed by atoms with Crippen molar-refractivity contribution in [1.29, 1.82) is 0 Å². The van der Waals surface area contributed by atoms with Crippen molar-refractivity contribution in [3.63, 3.8) is 0 Å².